The van der Waals surface area contributed by atoms with Gasteiger partial charge in [0.1, 0.15) is 17.9 Å². The molecule has 0 atom stereocenters. The molecule has 0 saturated carbocycles. The minimum Gasteiger partial charge on any atom is -0.484 e. The average Bonchev–Trinajstić information content (AvgIpc) is 2.71. The molecule has 2 rings (SSSR count). The van der Waals surface area contributed by atoms with Crippen LogP contribution in [0.1, 0.15) is 52.5 Å². The van der Waals surface area contributed by atoms with E-state index in [0.717, 1.165) is 12.8 Å². The Morgan fingerprint density at radius 2 is 1.74 bits per heavy atom. The Labute approximate surface area is 184 Å². The van der Waals surface area contributed by atoms with Crippen molar-refractivity contribution in [1.82, 2.24) is 15.5 Å². The van der Waals surface area contributed by atoms with Crippen molar-refractivity contribution in [2.24, 2.45) is 0 Å². The highest BCUT2D eigenvalue weighted by Crippen LogP contribution is 2.15. The molecule has 0 bridgehead atoms. The van der Waals surface area contributed by atoms with Gasteiger partial charge in [-0.2, -0.15) is 0 Å². The normalized spacial score (nSPS) is 14.6. The lowest BCUT2D eigenvalue weighted by Crippen LogP contribution is -2.49. The molecule has 31 heavy (non-hydrogen) atoms. The number of rotatable bonds is 8. The van der Waals surface area contributed by atoms with Gasteiger partial charge in [-0.1, -0.05) is 25.5 Å². The average molecular weight is 434 g/mol. The molecule has 0 spiro atoms. The van der Waals surface area contributed by atoms with Crippen molar-refractivity contribution in [3.63, 3.8) is 0 Å². The molecule has 1 saturated heterocycles. The van der Waals surface area contributed by atoms with Crippen molar-refractivity contribution in [3.8, 4) is 5.75 Å². The number of hydrogen-bond acceptors (Lipinski definition) is 5. The summed E-state index contributed by atoms with van der Waals surface area (Å²) in [7, 11) is 0. The summed E-state index contributed by atoms with van der Waals surface area (Å²) in [4.78, 5) is 37.8. The number of aryl methyl sites for hydroxylation is 1. The summed E-state index contributed by atoms with van der Waals surface area (Å²) in [6.07, 6.45) is 2.82. The number of ether oxygens (including phenoxy) is 2. The summed E-state index contributed by atoms with van der Waals surface area (Å²) in [6.45, 7) is 8.40. The SMILES string of the molecule is CCCc1ccc(OCC(=O)N2CCC(NC(=O)CNC(=O)OC(C)(C)C)CC2)cc1. The van der Waals surface area contributed by atoms with Gasteiger partial charge in [0.05, 0.1) is 0 Å². The number of amides is 3. The van der Waals surface area contributed by atoms with E-state index in [9.17, 15) is 14.4 Å². The molecule has 1 aromatic rings. The highest BCUT2D eigenvalue weighted by Gasteiger charge is 2.24. The van der Waals surface area contributed by atoms with Gasteiger partial charge in [-0.3, -0.25) is 9.59 Å². The number of piperidine rings is 1. The zero-order valence-corrected chi connectivity index (χ0v) is 19.0. The highest BCUT2D eigenvalue weighted by atomic mass is 16.6. The van der Waals surface area contributed by atoms with Crippen LogP contribution in [0.5, 0.6) is 5.75 Å². The number of alkyl carbamates (subject to hydrolysis) is 1. The van der Waals surface area contributed by atoms with E-state index in [0.29, 0.717) is 31.7 Å². The first-order valence-corrected chi connectivity index (χ1v) is 10.9. The van der Waals surface area contributed by atoms with Gasteiger partial charge < -0.3 is 25.0 Å². The van der Waals surface area contributed by atoms with Crippen LogP contribution in [0.15, 0.2) is 24.3 Å². The molecule has 8 nitrogen and oxygen atoms in total. The fraction of sp³-hybridized carbons (Fsp3) is 0.609. The first-order chi connectivity index (χ1) is 14.7. The Hall–Kier alpha value is -2.77. The van der Waals surface area contributed by atoms with Gasteiger partial charge in [0.2, 0.25) is 5.91 Å². The van der Waals surface area contributed by atoms with Crippen LogP contribution in [0.4, 0.5) is 4.79 Å². The van der Waals surface area contributed by atoms with E-state index in [1.54, 1.807) is 25.7 Å². The van der Waals surface area contributed by atoms with Crippen molar-refractivity contribution >= 4 is 17.9 Å². The maximum Gasteiger partial charge on any atom is 0.408 e. The van der Waals surface area contributed by atoms with Crippen LogP contribution in [0.2, 0.25) is 0 Å². The fourth-order valence-electron chi connectivity index (χ4n) is 3.30. The third-order valence-corrected chi connectivity index (χ3v) is 4.83. The van der Waals surface area contributed by atoms with E-state index in [-0.39, 0.29) is 31.0 Å². The van der Waals surface area contributed by atoms with Crippen LogP contribution in [-0.2, 0) is 20.7 Å². The number of hydrogen-bond donors (Lipinski definition) is 2. The summed E-state index contributed by atoms with van der Waals surface area (Å²) in [6, 6.07) is 7.81. The van der Waals surface area contributed by atoms with Gasteiger partial charge in [0.15, 0.2) is 6.61 Å². The number of benzene rings is 1. The topological polar surface area (TPSA) is 97.0 Å². The summed E-state index contributed by atoms with van der Waals surface area (Å²) < 4.78 is 10.7. The quantitative estimate of drug-likeness (QED) is 0.657. The molecule has 1 fully saturated rings. The molecule has 2 N–H and O–H groups in total. The van der Waals surface area contributed by atoms with Gasteiger partial charge >= 0.3 is 6.09 Å². The number of nitrogens with zero attached hydrogens (tertiary/aromatic N) is 1. The molecule has 0 aromatic heterocycles. The summed E-state index contributed by atoms with van der Waals surface area (Å²) in [5, 5.41) is 5.34. The standard InChI is InChI=1S/C23H35N3O5/c1-5-6-17-7-9-19(10-8-17)30-16-21(28)26-13-11-18(12-14-26)25-20(27)15-24-22(29)31-23(2,3)4/h7-10,18H,5-6,11-16H2,1-4H3,(H,24,29)(H,25,27). The molecule has 1 aliphatic rings. The van der Waals surface area contributed by atoms with Crippen LogP contribution in [0.3, 0.4) is 0 Å². The lowest BCUT2D eigenvalue weighted by molar-refractivity contribution is -0.134. The maximum absolute atomic E-state index is 12.4. The zero-order valence-electron chi connectivity index (χ0n) is 19.0. The smallest absolute Gasteiger partial charge is 0.408 e. The van der Waals surface area contributed by atoms with E-state index < -0.39 is 11.7 Å². The lowest BCUT2D eigenvalue weighted by Gasteiger charge is -2.32. The second-order valence-electron chi connectivity index (χ2n) is 8.76. The van der Waals surface area contributed by atoms with Gasteiger partial charge in [0.25, 0.3) is 5.91 Å². The summed E-state index contributed by atoms with van der Waals surface area (Å²) >= 11 is 0. The third kappa shape index (κ3) is 9.27. The lowest BCUT2D eigenvalue weighted by atomic mass is 10.0. The predicted molar refractivity (Wildman–Crippen MR) is 118 cm³/mol. The molecular formula is C23H35N3O5. The van der Waals surface area contributed by atoms with Crippen molar-refractivity contribution in [2.75, 3.05) is 26.2 Å². The molecule has 0 unspecified atom stereocenters. The summed E-state index contributed by atoms with van der Waals surface area (Å²) in [5.41, 5.74) is 0.647. The monoisotopic (exact) mass is 433 g/mol. The number of carbonyl (C=O) groups excluding carboxylic acids is 3. The van der Waals surface area contributed by atoms with Crippen LogP contribution in [0.25, 0.3) is 0 Å². The predicted octanol–water partition coefficient (Wildman–Crippen LogP) is 2.65. The fourth-order valence-corrected chi connectivity index (χ4v) is 3.30. The second kappa shape index (κ2) is 11.6. The highest BCUT2D eigenvalue weighted by molar-refractivity contribution is 5.82. The van der Waals surface area contributed by atoms with Crippen molar-refractivity contribution in [3.05, 3.63) is 29.8 Å². The van der Waals surface area contributed by atoms with Gasteiger partial charge in [-0.25, -0.2) is 4.79 Å². The Morgan fingerprint density at radius 3 is 2.32 bits per heavy atom. The Kier molecular flexibility index (Phi) is 9.15. The van der Waals surface area contributed by atoms with Gasteiger partial charge in [-0.05, 0) is 57.7 Å². The van der Waals surface area contributed by atoms with E-state index >= 15 is 0 Å². The first kappa shape index (κ1) is 24.5. The Morgan fingerprint density at radius 1 is 1.10 bits per heavy atom. The second-order valence-corrected chi connectivity index (χ2v) is 8.76. The minimum absolute atomic E-state index is 0.00393. The molecule has 3 amide bonds. The molecular weight excluding hydrogens is 398 g/mol. The van der Waals surface area contributed by atoms with Gasteiger partial charge in [-0.15, -0.1) is 0 Å². The van der Waals surface area contributed by atoms with Crippen LogP contribution < -0.4 is 15.4 Å². The maximum atomic E-state index is 12.4. The molecule has 1 heterocycles. The number of likely N-dealkylation sites (tertiary alicyclic amines) is 1. The molecule has 0 radical (unpaired) electrons. The van der Waals surface area contributed by atoms with Gasteiger partial charge in [0, 0.05) is 19.1 Å². The molecule has 1 aromatic carbocycles. The van der Waals surface area contributed by atoms with E-state index in [2.05, 4.69) is 17.6 Å². The van der Waals surface area contributed by atoms with E-state index in [1.807, 2.05) is 24.3 Å². The molecule has 172 valence electrons. The minimum atomic E-state index is -0.622. The number of nitrogens with one attached hydrogen (secondary N) is 2. The number of carbonyl (C=O) groups is 3. The van der Waals surface area contributed by atoms with Crippen LogP contribution in [0, 0.1) is 0 Å². The molecule has 8 heteroatoms. The van der Waals surface area contributed by atoms with Crippen LogP contribution in [-0.4, -0.2) is 60.7 Å². The first-order valence-electron chi connectivity index (χ1n) is 10.9. The van der Waals surface area contributed by atoms with Crippen LogP contribution >= 0.6 is 0 Å². The zero-order chi connectivity index (χ0) is 22.9. The largest absolute Gasteiger partial charge is 0.484 e. The Bertz CT molecular complexity index is 735. The van der Waals surface area contributed by atoms with Crippen molar-refractivity contribution in [2.45, 2.75) is 65.0 Å². The van der Waals surface area contributed by atoms with Crippen molar-refractivity contribution < 1.29 is 23.9 Å². The molecule has 1 aliphatic heterocycles. The van der Waals surface area contributed by atoms with E-state index in [4.69, 9.17) is 9.47 Å². The van der Waals surface area contributed by atoms with E-state index in [1.165, 1.54) is 5.56 Å². The molecule has 0 aliphatic carbocycles. The van der Waals surface area contributed by atoms with Crippen molar-refractivity contribution in [1.29, 1.82) is 0 Å². The Balaban J connectivity index is 1.65. The third-order valence-electron chi connectivity index (χ3n) is 4.83. The summed E-state index contributed by atoms with van der Waals surface area (Å²) in [5.74, 6) is 0.354.